The minimum atomic E-state index is -1.27. The van der Waals surface area contributed by atoms with E-state index < -0.39 is 23.7 Å². The minimum absolute atomic E-state index is 0.00613. The minimum Gasteiger partial charge on any atom is -0.480 e. The summed E-state index contributed by atoms with van der Waals surface area (Å²) in [5, 5.41) is 16.1. The van der Waals surface area contributed by atoms with Gasteiger partial charge >= 0.3 is 5.97 Å². The Kier molecular flexibility index (Phi) is 6.60. The summed E-state index contributed by atoms with van der Waals surface area (Å²) in [5.41, 5.74) is 2.60. The molecule has 8 nitrogen and oxygen atoms in total. The van der Waals surface area contributed by atoms with Crippen LogP contribution in [0.4, 0.5) is 4.39 Å². The quantitative estimate of drug-likeness (QED) is 0.307. The number of hydrogen-bond acceptors (Lipinski definition) is 6. The molecule has 190 valence electrons. The molecule has 1 aliphatic rings. The molecule has 2 aromatic heterocycles. The number of aromatic nitrogens is 2. The Morgan fingerprint density at radius 1 is 1.11 bits per heavy atom. The van der Waals surface area contributed by atoms with Crippen LogP contribution < -0.4 is 5.32 Å². The van der Waals surface area contributed by atoms with Gasteiger partial charge in [0.2, 0.25) is 11.7 Å². The van der Waals surface area contributed by atoms with Crippen molar-refractivity contribution in [2.45, 2.75) is 51.0 Å². The van der Waals surface area contributed by atoms with Crippen LogP contribution >= 0.6 is 0 Å². The first-order valence-corrected chi connectivity index (χ1v) is 12.1. The SMILES string of the molecule is CC(C)c1ccc(-c2ccc(C(=O)N[C@@H](Cc3ccc(F)c(-c4noc(C5CC5)n4)c3)C(=O)O)o2)cc1. The number of nitrogens with one attached hydrogen (secondary N) is 1. The first-order chi connectivity index (χ1) is 17.8. The zero-order chi connectivity index (χ0) is 26.1. The van der Waals surface area contributed by atoms with Crippen LogP contribution in [0, 0.1) is 5.82 Å². The van der Waals surface area contributed by atoms with Crippen molar-refractivity contribution in [1.82, 2.24) is 15.5 Å². The average molecular weight is 504 g/mol. The number of carbonyl (C=O) groups excluding carboxylic acids is 1. The number of aliphatic carboxylic acids is 1. The maximum absolute atomic E-state index is 14.5. The second-order valence-electron chi connectivity index (χ2n) is 9.55. The zero-order valence-corrected chi connectivity index (χ0v) is 20.4. The summed E-state index contributed by atoms with van der Waals surface area (Å²) >= 11 is 0. The highest BCUT2D eigenvalue weighted by Crippen LogP contribution is 2.39. The van der Waals surface area contributed by atoms with Gasteiger partial charge in [-0.2, -0.15) is 4.98 Å². The molecule has 1 atom stereocenters. The fraction of sp³-hybridized carbons (Fsp3) is 0.286. The molecular formula is C28H26FN3O5. The van der Waals surface area contributed by atoms with Gasteiger partial charge < -0.3 is 19.4 Å². The van der Waals surface area contributed by atoms with Crippen molar-refractivity contribution in [3.63, 3.8) is 0 Å². The molecule has 5 rings (SSSR count). The Morgan fingerprint density at radius 2 is 1.86 bits per heavy atom. The third-order valence-corrected chi connectivity index (χ3v) is 6.37. The fourth-order valence-electron chi connectivity index (χ4n) is 4.02. The summed E-state index contributed by atoms with van der Waals surface area (Å²) in [4.78, 5) is 29.0. The normalized spacial score (nSPS) is 14.1. The molecule has 0 saturated heterocycles. The van der Waals surface area contributed by atoms with E-state index in [-0.39, 0.29) is 29.5 Å². The third kappa shape index (κ3) is 5.45. The Morgan fingerprint density at radius 3 is 2.54 bits per heavy atom. The number of benzene rings is 2. The highest BCUT2D eigenvalue weighted by atomic mass is 19.1. The van der Waals surface area contributed by atoms with E-state index >= 15 is 0 Å². The second-order valence-corrected chi connectivity index (χ2v) is 9.55. The molecule has 4 aromatic rings. The summed E-state index contributed by atoms with van der Waals surface area (Å²) in [6.45, 7) is 4.21. The molecular weight excluding hydrogens is 477 g/mol. The van der Waals surface area contributed by atoms with E-state index in [1.54, 1.807) is 6.07 Å². The maximum Gasteiger partial charge on any atom is 0.326 e. The Bertz CT molecular complexity index is 1440. The van der Waals surface area contributed by atoms with Crippen LogP contribution in [0.1, 0.15) is 66.1 Å². The average Bonchev–Trinajstić information content (AvgIpc) is 3.40. The lowest BCUT2D eigenvalue weighted by atomic mass is 10.0. The molecule has 37 heavy (non-hydrogen) atoms. The molecule has 1 aliphatic carbocycles. The van der Waals surface area contributed by atoms with E-state index in [9.17, 15) is 19.1 Å². The first kappa shape index (κ1) is 24.4. The molecule has 0 unspecified atom stereocenters. The maximum atomic E-state index is 14.5. The van der Waals surface area contributed by atoms with Gasteiger partial charge in [0.25, 0.3) is 5.91 Å². The summed E-state index contributed by atoms with van der Waals surface area (Å²) in [7, 11) is 0. The number of nitrogens with zero attached hydrogens (tertiary/aromatic N) is 2. The Balaban J connectivity index is 1.29. The van der Waals surface area contributed by atoms with Crippen molar-refractivity contribution in [1.29, 1.82) is 0 Å². The fourth-order valence-corrected chi connectivity index (χ4v) is 4.02. The summed E-state index contributed by atoms with van der Waals surface area (Å²) in [6.07, 6.45) is 1.85. The van der Waals surface area contributed by atoms with Crippen molar-refractivity contribution >= 4 is 11.9 Å². The molecule has 2 N–H and O–H groups in total. The number of halogens is 1. The number of furan rings is 1. The molecule has 1 amide bonds. The predicted molar refractivity (Wildman–Crippen MR) is 132 cm³/mol. The topological polar surface area (TPSA) is 118 Å². The van der Waals surface area contributed by atoms with Crippen LogP contribution in [0.3, 0.4) is 0 Å². The van der Waals surface area contributed by atoms with E-state index in [1.807, 2.05) is 24.3 Å². The molecule has 0 aliphatic heterocycles. The van der Waals surface area contributed by atoms with E-state index in [0.717, 1.165) is 18.4 Å². The van der Waals surface area contributed by atoms with E-state index in [2.05, 4.69) is 29.3 Å². The van der Waals surface area contributed by atoms with Gasteiger partial charge in [-0.1, -0.05) is 49.3 Å². The molecule has 1 saturated carbocycles. The van der Waals surface area contributed by atoms with Crippen LogP contribution in [-0.2, 0) is 11.2 Å². The summed E-state index contributed by atoms with van der Waals surface area (Å²) in [5.74, 6) is -0.740. The number of carboxylic acid groups (broad SMARTS) is 1. The lowest BCUT2D eigenvalue weighted by Crippen LogP contribution is -2.42. The van der Waals surface area contributed by atoms with Crippen LogP contribution in [-0.4, -0.2) is 33.2 Å². The molecule has 2 aromatic carbocycles. The van der Waals surface area contributed by atoms with E-state index in [4.69, 9.17) is 8.94 Å². The Hall–Kier alpha value is -4.27. The predicted octanol–water partition coefficient (Wildman–Crippen LogP) is 5.56. The molecule has 9 heteroatoms. The molecule has 0 radical (unpaired) electrons. The van der Waals surface area contributed by atoms with Gasteiger partial charge in [0.05, 0.1) is 5.56 Å². The van der Waals surface area contributed by atoms with Gasteiger partial charge in [0.1, 0.15) is 17.6 Å². The molecule has 0 spiro atoms. The largest absolute Gasteiger partial charge is 0.480 e. The zero-order valence-electron chi connectivity index (χ0n) is 20.4. The van der Waals surface area contributed by atoms with Crippen LogP contribution in [0.15, 0.2) is 63.5 Å². The lowest BCUT2D eigenvalue weighted by Gasteiger charge is -2.14. The van der Waals surface area contributed by atoms with Gasteiger partial charge in [-0.05, 0) is 54.2 Å². The van der Waals surface area contributed by atoms with Crippen molar-refractivity contribution in [2.75, 3.05) is 0 Å². The monoisotopic (exact) mass is 503 g/mol. The number of carbonyl (C=O) groups is 2. The van der Waals surface area contributed by atoms with Crippen molar-refractivity contribution in [2.24, 2.45) is 0 Å². The van der Waals surface area contributed by atoms with E-state index in [0.29, 0.717) is 23.1 Å². The van der Waals surface area contributed by atoms with Crippen molar-refractivity contribution in [3.05, 3.63) is 83.2 Å². The number of carboxylic acids is 1. The first-order valence-electron chi connectivity index (χ1n) is 12.1. The number of amides is 1. The number of hydrogen-bond donors (Lipinski definition) is 2. The molecule has 1 fully saturated rings. The highest BCUT2D eigenvalue weighted by Gasteiger charge is 2.30. The van der Waals surface area contributed by atoms with Crippen LogP contribution in [0.5, 0.6) is 0 Å². The van der Waals surface area contributed by atoms with Crippen molar-refractivity contribution < 1.29 is 28.0 Å². The number of rotatable bonds is 9. The van der Waals surface area contributed by atoms with Gasteiger partial charge in [0.15, 0.2) is 5.76 Å². The van der Waals surface area contributed by atoms with Crippen molar-refractivity contribution in [3.8, 4) is 22.7 Å². The van der Waals surface area contributed by atoms with Crippen LogP contribution in [0.2, 0.25) is 0 Å². The van der Waals surface area contributed by atoms with Gasteiger partial charge in [-0.25, -0.2) is 9.18 Å². The summed E-state index contributed by atoms with van der Waals surface area (Å²) < 4.78 is 25.4. The molecule has 2 heterocycles. The van der Waals surface area contributed by atoms with Gasteiger partial charge in [-0.15, -0.1) is 0 Å². The highest BCUT2D eigenvalue weighted by molar-refractivity contribution is 5.94. The summed E-state index contributed by atoms with van der Waals surface area (Å²) in [6, 6.07) is 13.9. The van der Waals surface area contributed by atoms with Gasteiger partial charge in [-0.3, -0.25) is 4.79 Å². The van der Waals surface area contributed by atoms with E-state index in [1.165, 1.54) is 29.8 Å². The standard InChI is InChI=1S/C28H26FN3O5/c1-15(2)17-4-6-18(7-5-17)23-11-12-24(36-23)26(33)30-22(28(34)35)14-16-3-10-21(29)20(13-16)25-31-27(37-32-25)19-8-9-19/h3-7,10-13,15,19,22H,8-9,14H2,1-2H3,(H,30,33)(H,34,35)/t22-/m0/s1. The second kappa shape index (κ2) is 10.0. The lowest BCUT2D eigenvalue weighted by molar-refractivity contribution is -0.139. The third-order valence-electron chi connectivity index (χ3n) is 6.37. The van der Waals surface area contributed by atoms with Gasteiger partial charge in [0, 0.05) is 17.9 Å². The molecule has 0 bridgehead atoms. The van der Waals surface area contributed by atoms with Crippen LogP contribution in [0.25, 0.3) is 22.7 Å². The smallest absolute Gasteiger partial charge is 0.326 e. The Labute approximate surface area is 212 Å².